The van der Waals surface area contributed by atoms with Gasteiger partial charge in [-0.05, 0) is 24.1 Å². The summed E-state index contributed by atoms with van der Waals surface area (Å²) in [5.74, 6) is 1.54. The summed E-state index contributed by atoms with van der Waals surface area (Å²) in [6, 6.07) is 14.2. The monoisotopic (exact) mass is 228 g/mol. The topological polar surface area (TPSA) is 18.5 Å². The minimum atomic E-state index is 0.758. The minimum Gasteiger partial charge on any atom is -0.493 e. The van der Waals surface area contributed by atoms with E-state index in [4.69, 9.17) is 9.47 Å². The molecule has 0 saturated heterocycles. The number of ether oxygens (including phenoxy) is 2. The average molecular weight is 228 g/mol. The molecule has 0 fully saturated rings. The SMILES string of the molecule is COc1cccc(-c2ccccc2C)c1OC. The molecule has 0 aliphatic rings. The van der Waals surface area contributed by atoms with Crippen LogP contribution in [0.15, 0.2) is 42.5 Å². The second-order valence-electron chi connectivity index (χ2n) is 3.86. The van der Waals surface area contributed by atoms with Crippen molar-refractivity contribution in [3.63, 3.8) is 0 Å². The fourth-order valence-corrected chi connectivity index (χ4v) is 1.97. The van der Waals surface area contributed by atoms with E-state index < -0.39 is 0 Å². The van der Waals surface area contributed by atoms with Crippen LogP contribution in [0.3, 0.4) is 0 Å². The van der Waals surface area contributed by atoms with Crippen molar-refractivity contribution < 1.29 is 9.47 Å². The van der Waals surface area contributed by atoms with Crippen LogP contribution >= 0.6 is 0 Å². The Hall–Kier alpha value is -1.96. The molecular weight excluding hydrogens is 212 g/mol. The highest BCUT2D eigenvalue weighted by Crippen LogP contribution is 2.38. The minimum absolute atomic E-state index is 0.758. The third kappa shape index (κ3) is 2.11. The lowest BCUT2D eigenvalue weighted by molar-refractivity contribution is 0.356. The highest BCUT2D eigenvalue weighted by atomic mass is 16.5. The Morgan fingerprint density at radius 1 is 0.765 bits per heavy atom. The lowest BCUT2D eigenvalue weighted by Gasteiger charge is -2.14. The summed E-state index contributed by atoms with van der Waals surface area (Å²) in [7, 11) is 3.32. The third-order valence-electron chi connectivity index (χ3n) is 2.84. The van der Waals surface area contributed by atoms with Crippen molar-refractivity contribution in [1.82, 2.24) is 0 Å². The standard InChI is InChI=1S/C15H16O2/c1-11-7-4-5-8-12(11)13-9-6-10-14(16-2)15(13)17-3/h4-10H,1-3H3. The molecule has 2 aromatic carbocycles. The summed E-state index contributed by atoms with van der Waals surface area (Å²) >= 11 is 0. The smallest absolute Gasteiger partial charge is 0.168 e. The van der Waals surface area contributed by atoms with Gasteiger partial charge in [-0.15, -0.1) is 0 Å². The lowest BCUT2D eigenvalue weighted by Crippen LogP contribution is -1.94. The predicted molar refractivity (Wildman–Crippen MR) is 69.7 cm³/mol. The summed E-state index contributed by atoms with van der Waals surface area (Å²) < 4.78 is 10.8. The average Bonchev–Trinajstić information content (AvgIpc) is 2.38. The van der Waals surface area contributed by atoms with Gasteiger partial charge in [0, 0.05) is 5.56 Å². The molecule has 0 aromatic heterocycles. The molecule has 0 bridgehead atoms. The zero-order chi connectivity index (χ0) is 12.3. The number of para-hydroxylation sites is 1. The summed E-state index contributed by atoms with van der Waals surface area (Å²) in [6.45, 7) is 2.09. The summed E-state index contributed by atoms with van der Waals surface area (Å²) in [5.41, 5.74) is 3.45. The Morgan fingerprint density at radius 3 is 2.12 bits per heavy atom. The summed E-state index contributed by atoms with van der Waals surface area (Å²) in [6.07, 6.45) is 0. The van der Waals surface area contributed by atoms with Crippen molar-refractivity contribution in [1.29, 1.82) is 0 Å². The normalized spacial score (nSPS) is 10.1. The molecule has 0 aliphatic heterocycles. The van der Waals surface area contributed by atoms with E-state index in [0.29, 0.717) is 0 Å². The fourth-order valence-electron chi connectivity index (χ4n) is 1.97. The van der Waals surface area contributed by atoms with Gasteiger partial charge in [0.1, 0.15) is 0 Å². The maximum atomic E-state index is 5.45. The van der Waals surface area contributed by atoms with Crippen LogP contribution in [0.4, 0.5) is 0 Å². The first-order valence-electron chi connectivity index (χ1n) is 5.55. The van der Waals surface area contributed by atoms with Gasteiger partial charge in [0.2, 0.25) is 0 Å². The van der Waals surface area contributed by atoms with Crippen LogP contribution in [0, 0.1) is 6.92 Å². The predicted octanol–water partition coefficient (Wildman–Crippen LogP) is 3.68. The van der Waals surface area contributed by atoms with Crippen LogP contribution in [0.2, 0.25) is 0 Å². The molecule has 2 heteroatoms. The van der Waals surface area contributed by atoms with E-state index in [1.54, 1.807) is 14.2 Å². The summed E-state index contributed by atoms with van der Waals surface area (Å²) in [4.78, 5) is 0. The zero-order valence-electron chi connectivity index (χ0n) is 10.4. The number of hydrogen-bond donors (Lipinski definition) is 0. The molecule has 0 atom stereocenters. The molecule has 0 radical (unpaired) electrons. The van der Waals surface area contributed by atoms with Gasteiger partial charge in [-0.25, -0.2) is 0 Å². The van der Waals surface area contributed by atoms with Gasteiger partial charge >= 0.3 is 0 Å². The van der Waals surface area contributed by atoms with E-state index in [-0.39, 0.29) is 0 Å². The molecule has 2 aromatic rings. The first-order valence-corrected chi connectivity index (χ1v) is 5.55. The Morgan fingerprint density at radius 2 is 1.47 bits per heavy atom. The molecule has 0 saturated carbocycles. The van der Waals surface area contributed by atoms with Crippen molar-refractivity contribution in [2.45, 2.75) is 6.92 Å². The lowest BCUT2D eigenvalue weighted by atomic mass is 9.99. The van der Waals surface area contributed by atoms with E-state index in [0.717, 1.165) is 17.1 Å². The van der Waals surface area contributed by atoms with Crippen molar-refractivity contribution in [2.24, 2.45) is 0 Å². The highest BCUT2D eigenvalue weighted by molar-refractivity contribution is 5.76. The van der Waals surface area contributed by atoms with Gasteiger partial charge in [0.05, 0.1) is 14.2 Å². The van der Waals surface area contributed by atoms with Crippen molar-refractivity contribution in [2.75, 3.05) is 14.2 Å². The van der Waals surface area contributed by atoms with E-state index >= 15 is 0 Å². The van der Waals surface area contributed by atoms with Crippen LogP contribution in [0.5, 0.6) is 11.5 Å². The van der Waals surface area contributed by atoms with Crippen molar-refractivity contribution >= 4 is 0 Å². The van der Waals surface area contributed by atoms with Crippen LogP contribution < -0.4 is 9.47 Å². The van der Waals surface area contributed by atoms with Gasteiger partial charge in [-0.3, -0.25) is 0 Å². The maximum Gasteiger partial charge on any atom is 0.168 e. The highest BCUT2D eigenvalue weighted by Gasteiger charge is 2.12. The Balaban J connectivity index is 2.63. The molecule has 0 N–H and O–H groups in total. The zero-order valence-corrected chi connectivity index (χ0v) is 10.4. The van der Waals surface area contributed by atoms with Crippen LogP contribution in [-0.2, 0) is 0 Å². The van der Waals surface area contributed by atoms with Crippen molar-refractivity contribution in [3.8, 4) is 22.6 Å². The van der Waals surface area contributed by atoms with E-state index in [9.17, 15) is 0 Å². The molecule has 2 rings (SSSR count). The number of rotatable bonds is 3. The first-order chi connectivity index (χ1) is 8.27. The molecule has 0 heterocycles. The maximum absolute atomic E-state index is 5.45. The second-order valence-corrected chi connectivity index (χ2v) is 3.86. The molecule has 0 unspecified atom stereocenters. The number of hydrogen-bond acceptors (Lipinski definition) is 2. The molecule has 2 nitrogen and oxygen atoms in total. The van der Waals surface area contributed by atoms with Gasteiger partial charge < -0.3 is 9.47 Å². The second kappa shape index (κ2) is 4.91. The molecule has 0 spiro atoms. The largest absolute Gasteiger partial charge is 0.493 e. The van der Waals surface area contributed by atoms with E-state index in [1.165, 1.54) is 11.1 Å². The first kappa shape index (κ1) is 11.5. The van der Waals surface area contributed by atoms with Crippen LogP contribution in [0.25, 0.3) is 11.1 Å². The van der Waals surface area contributed by atoms with Crippen molar-refractivity contribution in [3.05, 3.63) is 48.0 Å². The van der Waals surface area contributed by atoms with E-state index in [2.05, 4.69) is 19.1 Å². The van der Waals surface area contributed by atoms with Gasteiger partial charge in [0.25, 0.3) is 0 Å². The molecule has 0 amide bonds. The summed E-state index contributed by atoms with van der Waals surface area (Å²) in [5, 5.41) is 0. The van der Waals surface area contributed by atoms with Gasteiger partial charge in [-0.2, -0.15) is 0 Å². The Labute approximate surface area is 102 Å². The number of methoxy groups -OCH3 is 2. The molecule has 17 heavy (non-hydrogen) atoms. The van der Waals surface area contributed by atoms with E-state index in [1.807, 2.05) is 30.3 Å². The molecule has 88 valence electrons. The van der Waals surface area contributed by atoms with Gasteiger partial charge in [0.15, 0.2) is 11.5 Å². The Bertz CT molecular complexity index is 518. The number of aryl methyl sites for hydroxylation is 1. The molecule has 0 aliphatic carbocycles. The fraction of sp³-hybridized carbons (Fsp3) is 0.200. The van der Waals surface area contributed by atoms with Gasteiger partial charge in [-0.1, -0.05) is 36.4 Å². The third-order valence-corrected chi connectivity index (χ3v) is 2.84. The number of benzene rings is 2. The molecular formula is C15H16O2. The Kier molecular flexibility index (Phi) is 3.33. The quantitative estimate of drug-likeness (QED) is 0.797. The van der Waals surface area contributed by atoms with Crippen LogP contribution in [0.1, 0.15) is 5.56 Å². The van der Waals surface area contributed by atoms with Crippen LogP contribution in [-0.4, -0.2) is 14.2 Å².